The van der Waals surface area contributed by atoms with E-state index >= 15 is 0 Å². The third-order valence-corrected chi connectivity index (χ3v) is 1.12. The number of nitrogens with zero attached hydrogens (tertiary/aromatic N) is 1. The lowest BCUT2D eigenvalue weighted by molar-refractivity contribution is -0.0157. The van der Waals surface area contributed by atoms with Crippen LogP contribution < -0.4 is 11.5 Å². The Balaban J connectivity index is 0.000000288. The van der Waals surface area contributed by atoms with Crippen LogP contribution in [0.25, 0.3) is 0 Å². The Morgan fingerprint density at radius 2 is 2.07 bits per heavy atom. The number of hydrogen-bond acceptors (Lipinski definition) is 3. The topological polar surface area (TPSA) is 82.0 Å². The molecule has 7 heteroatoms. The number of carbonyl (C=O) groups is 1. The highest BCUT2D eigenvalue weighted by atomic mass is 19.3. The van der Waals surface area contributed by atoms with Gasteiger partial charge in [0.15, 0.2) is 6.67 Å². The third-order valence-electron chi connectivity index (χ3n) is 1.12. The summed E-state index contributed by atoms with van der Waals surface area (Å²) in [4.78, 5) is 14.1. The Morgan fingerprint density at radius 3 is 2.27 bits per heavy atom. The van der Waals surface area contributed by atoms with E-state index in [1.165, 1.54) is 6.20 Å². The molecule has 0 aliphatic heterocycles. The fraction of sp³-hybridized carbons (Fsp3) is 0.250. The summed E-state index contributed by atoms with van der Waals surface area (Å²) >= 11 is 0. The lowest BCUT2D eigenvalue weighted by Gasteiger charge is -1.99. The Labute approximate surface area is 84.1 Å². The SMILES string of the molecule is NC(=O)c1cccnc1.NC(F)(F)CF. The van der Waals surface area contributed by atoms with Crippen molar-refractivity contribution in [1.82, 2.24) is 4.98 Å². The Hall–Kier alpha value is -1.63. The molecule has 0 aliphatic carbocycles. The van der Waals surface area contributed by atoms with Crippen molar-refractivity contribution >= 4 is 5.91 Å². The summed E-state index contributed by atoms with van der Waals surface area (Å²) in [6.07, 6.45) is 3.02. The predicted octanol–water partition coefficient (Wildman–Crippen LogP) is 0.688. The highest BCUT2D eigenvalue weighted by Crippen LogP contribution is 2.01. The molecule has 0 bridgehead atoms. The lowest BCUT2D eigenvalue weighted by atomic mass is 10.3. The van der Waals surface area contributed by atoms with Crippen LogP contribution in [0.3, 0.4) is 0 Å². The number of hydrogen-bond donors (Lipinski definition) is 2. The summed E-state index contributed by atoms with van der Waals surface area (Å²) in [7, 11) is 0. The summed E-state index contributed by atoms with van der Waals surface area (Å²) in [5.74, 6) is -0.442. The fourth-order valence-corrected chi connectivity index (χ4v) is 0.509. The van der Waals surface area contributed by atoms with Gasteiger partial charge in [0.05, 0.1) is 5.56 Å². The van der Waals surface area contributed by atoms with Crippen molar-refractivity contribution in [2.75, 3.05) is 6.67 Å². The van der Waals surface area contributed by atoms with Crippen LogP contribution >= 0.6 is 0 Å². The normalized spacial score (nSPS) is 10.1. The number of alkyl halides is 3. The van der Waals surface area contributed by atoms with Crippen LogP contribution in [0.1, 0.15) is 10.4 Å². The van der Waals surface area contributed by atoms with Crippen LogP contribution in [0.5, 0.6) is 0 Å². The van der Waals surface area contributed by atoms with Crippen LogP contribution in [0.4, 0.5) is 13.2 Å². The molecule has 4 nitrogen and oxygen atoms in total. The molecule has 1 aromatic rings. The second kappa shape index (κ2) is 5.97. The van der Waals surface area contributed by atoms with Crippen molar-refractivity contribution in [2.24, 2.45) is 11.5 Å². The van der Waals surface area contributed by atoms with Gasteiger partial charge in [-0.2, -0.15) is 8.78 Å². The van der Waals surface area contributed by atoms with E-state index in [9.17, 15) is 18.0 Å². The molecule has 0 unspecified atom stereocenters. The zero-order valence-corrected chi connectivity index (χ0v) is 7.66. The first-order valence-electron chi connectivity index (χ1n) is 3.79. The standard InChI is InChI=1S/C6H6N2O.C2H4F3N/c7-6(9)5-2-1-3-8-4-5;3-1-2(4,5)6/h1-4H,(H2,7,9);1,6H2. The van der Waals surface area contributed by atoms with E-state index < -0.39 is 18.6 Å². The van der Waals surface area contributed by atoms with E-state index in [0.717, 1.165) is 0 Å². The smallest absolute Gasteiger partial charge is 0.328 e. The first-order chi connectivity index (χ1) is 6.87. The van der Waals surface area contributed by atoms with Gasteiger partial charge in [0.25, 0.3) is 0 Å². The molecule has 0 spiro atoms. The number of pyridine rings is 1. The number of nitrogens with two attached hydrogens (primary N) is 2. The summed E-state index contributed by atoms with van der Waals surface area (Å²) in [5.41, 5.74) is 9.20. The van der Waals surface area contributed by atoms with Crippen LogP contribution in [-0.4, -0.2) is 23.6 Å². The van der Waals surface area contributed by atoms with Crippen molar-refractivity contribution in [1.29, 1.82) is 0 Å². The minimum absolute atomic E-state index is 0.442. The lowest BCUT2D eigenvalue weighted by Crippen LogP contribution is -2.30. The second-order valence-electron chi connectivity index (χ2n) is 2.50. The minimum Gasteiger partial charge on any atom is -0.366 e. The Kier molecular flexibility index (Phi) is 5.32. The molecular formula is C8H10F3N3O. The van der Waals surface area contributed by atoms with Crippen molar-refractivity contribution in [2.45, 2.75) is 6.05 Å². The van der Waals surface area contributed by atoms with E-state index in [1.807, 2.05) is 0 Å². The van der Waals surface area contributed by atoms with E-state index in [0.29, 0.717) is 5.56 Å². The van der Waals surface area contributed by atoms with Gasteiger partial charge in [-0.25, -0.2) is 4.39 Å². The Bertz CT molecular complexity index is 300. The molecular weight excluding hydrogens is 211 g/mol. The number of primary amides is 1. The highest BCUT2D eigenvalue weighted by Gasteiger charge is 2.20. The number of halogens is 3. The van der Waals surface area contributed by atoms with Gasteiger partial charge in [-0.15, -0.1) is 0 Å². The van der Waals surface area contributed by atoms with Crippen LogP contribution in [-0.2, 0) is 0 Å². The molecule has 1 heterocycles. The zero-order chi connectivity index (χ0) is 11.9. The second-order valence-corrected chi connectivity index (χ2v) is 2.50. The summed E-state index contributed by atoms with van der Waals surface area (Å²) in [5, 5.41) is 0. The quantitative estimate of drug-likeness (QED) is 0.721. The maximum atomic E-state index is 10.9. The molecule has 0 fully saturated rings. The summed E-state index contributed by atoms with van der Waals surface area (Å²) < 4.78 is 32.3. The van der Waals surface area contributed by atoms with Gasteiger partial charge in [0.2, 0.25) is 5.91 Å². The molecule has 0 saturated heterocycles. The zero-order valence-electron chi connectivity index (χ0n) is 7.66. The largest absolute Gasteiger partial charge is 0.366 e. The molecule has 4 N–H and O–H groups in total. The van der Waals surface area contributed by atoms with Gasteiger partial charge in [-0.1, -0.05) is 0 Å². The Morgan fingerprint density at radius 1 is 1.53 bits per heavy atom. The molecule has 15 heavy (non-hydrogen) atoms. The van der Waals surface area contributed by atoms with Gasteiger partial charge < -0.3 is 5.73 Å². The number of aromatic nitrogens is 1. The minimum atomic E-state index is -3.62. The van der Waals surface area contributed by atoms with Gasteiger partial charge >= 0.3 is 6.05 Å². The monoisotopic (exact) mass is 221 g/mol. The first kappa shape index (κ1) is 13.4. The van der Waals surface area contributed by atoms with Gasteiger partial charge in [-0.05, 0) is 12.1 Å². The molecule has 84 valence electrons. The van der Waals surface area contributed by atoms with Crippen molar-refractivity contribution in [3.8, 4) is 0 Å². The van der Waals surface area contributed by atoms with Crippen molar-refractivity contribution < 1.29 is 18.0 Å². The molecule has 1 amide bonds. The van der Waals surface area contributed by atoms with Crippen LogP contribution in [0.2, 0.25) is 0 Å². The molecule has 0 aliphatic rings. The average Bonchev–Trinajstić information content (AvgIpc) is 2.19. The number of rotatable bonds is 2. The van der Waals surface area contributed by atoms with Crippen LogP contribution in [0, 0.1) is 0 Å². The van der Waals surface area contributed by atoms with E-state index in [4.69, 9.17) is 5.73 Å². The molecule has 0 aromatic carbocycles. The third kappa shape index (κ3) is 7.44. The van der Waals surface area contributed by atoms with Gasteiger partial charge in [0.1, 0.15) is 0 Å². The first-order valence-corrected chi connectivity index (χ1v) is 3.79. The van der Waals surface area contributed by atoms with Gasteiger partial charge in [-0.3, -0.25) is 15.5 Å². The molecule has 0 radical (unpaired) electrons. The number of carbonyl (C=O) groups excluding carboxylic acids is 1. The highest BCUT2D eigenvalue weighted by molar-refractivity contribution is 5.92. The molecule has 1 aromatic heterocycles. The average molecular weight is 221 g/mol. The van der Waals surface area contributed by atoms with E-state index in [-0.39, 0.29) is 0 Å². The molecule has 0 atom stereocenters. The molecule has 1 rings (SSSR count). The maximum Gasteiger partial charge on any atom is 0.328 e. The maximum absolute atomic E-state index is 10.9. The fourth-order valence-electron chi connectivity index (χ4n) is 0.509. The van der Waals surface area contributed by atoms with E-state index in [1.54, 1.807) is 18.3 Å². The summed E-state index contributed by atoms with van der Waals surface area (Å²) in [6, 6.07) is -0.338. The number of amides is 1. The predicted molar refractivity (Wildman–Crippen MR) is 47.9 cm³/mol. The van der Waals surface area contributed by atoms with Crippen LogP contribution in [0.15, 0.2) is 24.5 Å². The van der Waals surface area contributed by atoms with Crippen molar-refractivity contribution in [3.63, 3.8) is 0 Å². The molecule has 0 saturated carbocycles. The van der Waals surface area contributed by atoms with Gasteiger partial charge in [0, 0.05) is 12.4 Å². The van der Waals surface area contributed by atoms with E-state index in [2.05, 4.69) is 10.7 Å². The summed E-state index contributed by atoms with van der Waals surface area (Å²) in [6.45, 7) is -1.78. The van der Waals surface area contributed by atoms with Crippen molar-refractivity contribution in [3.05, 3.63) is 30.1 Å².